The van der Waals surface area contributed by atoms with E-state index in [1.807, 2.05) is 0 Å². The molecule has 0 aliphatic carbocycles. The van der Waals surface area contributed by atoms with Gasteiger partial charge < -0.3 is 14.1 Å². The zero-order chi connectivity index (χ0) is 11.1. The molecule has 0 fully saturated rings. The molecule has 0 aromatic carbocycles. The molecule has 5 nitrogen and oxygen atoms in total. The summed E-state index contributed by atoms with van der Waals surface area (Å²) in [5.41, 5.74) is 0. The van der Waals surface area contributed by atoms with Gasteiger partial charge in [-0.05, 0) is 6.92 Å². The molecule has 0 saturated heterocycles. The third-order valence-corrected chi connectivity index (χ3v) is 1.56. The fourth-order valence-electron chi connectivity index (χ4n) is 0.429. The van der Waals surface area contributed by atoms with E-state index in [9.17, 15) is 0 Å². The minimum absolute atomic E-state index is 0.292. The molecule has 0 saturated carbocycles. The van der Waals surface area contributed by atoms with Gasteiger partial charge in [-0.2, -0.15) is 0 Å². The van der Waals surface area contributed by atoms with Crippen LogP contribution in [0.25, 0.3) is 0 Å². The number of aliphatic hydroxyl groups is 1. The number of likely N-dealkylation sites (N-methyl/N-ethyl adjacent to an activating group) is 1. The first kappa shape index (κ1) is 15.3. The van der Waals surface area contributed by atoms with Gasteiger partial charge in [0.15, 0.2) is 0 Å². The molecule has 6 heteroatoms. The van der Waals surface area contributed by atoms with E-state index in [2.05, 4.69) is 21.0 Å². The highest BCUT2D eigenvalue weighted by Crippen LogP contribution is 1.92. The summed E-state index contributed by atoms with van der Waals surface area (Å²) >= 11 is 0. The predicted molar refractivity (Wildman–Crippen MR) is 50.2 cm³/mol. The largest absolute Gasteiger partial charge is 0.748 e. The van der Waals surface area contributed by atoms with E-state index in [-0.39, 0.29) is 0 Å². The molecule has 0 heterocycles. The van der Waals surface area contributed by atoms with Gasteiger partial charge in [-0.25, -0.2) is 8.42 Å². The van der Waals surface area contributed by atoms with E-state index in [4.69, 9.17) is 18.1 Å². The van der Waals surface area contributed by atoms with E-state index >= 15 is 0 Å². The molecule has 0 rings (SSSR count). The van der Waals surface area contributed by atoms with E-state index in [1.54, 1.807) is 0 Å². The second-order valence-corrected chi connectivity index (χ2v) is 4.81. The highest BCUT2D eigenvalue weighted by Gasteiger charge is 2.08. The lowest BCUT2D eigenvalue weighted by Crippen LogP contribution is -2.41. The van der Waals surface area contributed by atoms with Crippen molar-refractivity contribution in [1.29, 1.82) is 0 Å². The lowest BCUT2D eigenvalue weighted by Gasteiger charge is -2.26. The van der Waals surface area contributed by atoms with Crippen LogP contribution in [0.4, 0.5) is 0 Å². The molecule has 0 spiro atoms. The van der Waals surface area contributed by atoms with E-state index < -0.39 is 10.1 Å². The highest BCUT2D eigenvalue weighted by molar-refractivity contribution is 7.84. The van der Waals surface area contributed by atoms with Gasteiger partial charge in [0.2, 0.25) is 0 Å². The summed E-state index contributed by atoms with van der Waals surface area (Å²) in [6.45, 7) is 4.35. The maximum absolute atomic E-state index is 9.08. The fraction of sp³-hybridized carbons (Fsp3) is 1.00. The third-order valence-electron chi connectivity index (χ3n) is 1.56. The molecule has 0 amide bonds. The van der Waals surface area contributed by atoms with Crippen molar-refractivity contribution in [2.75, 3.05) is 40.0 Å². The third kappa shape index (κ3) is 24.5. The molecule has 82 valence electrons. The Labute approximate surface area is 80.3 Å². The van der Waals surface area contributed by atoms with E-state index in [0.29, 0.717) is 12.9 Å². The van der Waals surface area contributed by atoms with Crippen molar-refractivity contribution in [2.45, 2.75) is 6.92 Å². The van der Waals surface area contributed by atoms with Gasteiger partial charge >= 0.3 is 0 Å². The number of hydrogen-bond acceptors (Lipinski definition) is 4. The molecule has 0 aromatic heterocycles. The Morgan fingerprint density at radius 3 is 1.77 bits per heavy atom. The quantitative estimate of drug-likeness (QED) is 0.493. The minimum Gasteiger partial charge on any atom is -0.748 e. The second kappa shape index (κ2) is 6.31. The summed E-state index contributed by atoms with van der Waals surface area (Å²) in [4.78, 5) is 0. The molecule has 0 bridgehead atoms. The maximum Gasteiger partial charge on any atom is 0.102 e. The molecule has 0 radical (unpaired) electrons. The summed E-state index contributed by atoms with van der Waals surface area (Å²) in [6, 6.07) is 0. The van der Waals surface area contributed by atoms with Crippen molar-refractivity contribution < 1.29 is 22.6 Å². The molecule has 13 heavy (non-hydrogen) atoms. The van der Waals surface area contributed by atoms with Gasteiger partial charge in [-0.3, -0.25) is 0 Å². The van der Waals surface area contributed by atoms with Crippen LogP contribution < -0.4 is 0 Å². The molecule has 1 N–H and O–H groups in total. The van der Waals surface area contributed by atoms with Crippen LogP contribution in [-0.2, 0) is 10.1 Å². The number of nitrogens with zero attached hydrogens (tertiary/aromatic N) is 1. The van der Waals surface area contributed by atoms with Gasteiger partial charge in [0.1, 0.15) is 6.54 Å². The summed E-state index contributed by atoms with van der Waals surface area (Å²) in [5.74, 6) is 0. The standard InChI is InChI=1S/C6H16NO.CH4O3S/c1-4-7(2,3)5-6-8;1-5(2,3)4/h8H,4-6H2,1-3H3;1H3,(H,2,3,4)/q+1;/p-1. The second-order valence-electron chi connectivity index (χ2n) is 3.40. The van der Waals surface area contributed by atoms with Crippen LogP contribution in [0.2, 0.25) is 0 Å². The van der Waals surface area contributed by atoms with Crippen molar-refractivity contribution in [3.05, 3.63) is 0 Å². The summed E-state index contributed by atoms with van der Waals surface area (Å²) in [7, 11) is 0.298. The van der Waals surface area contributed by atoms with Crippen molar-refractivity contribution >= 4 is 10.1 Å². The van der Waals surface area contributed by atoms with Crippen LogP contribution in [0, 0.1) is 0 Å². The molecule has 0 atom stereocenters. The maximum atomic E-state index is 9.08. The summed E-state index contributed by atoms with van der Waals surface area (Å²) in [5, 5.41) is 8.52. The van der Waals surface area contributed by atoms with Gasteiger partial charge in [0.25, 0.3) is 0 Å². The van der Waals surface area contributed by atoms with Crippen LogP contribution in [0.1, 0.15) is 6.92 Å². The topological polar surface area (TPSA) is 77.4 Å². The van der Waals surface area contributed by atoms with Crippen LogP contribution in [-0.4, -0.2) is 62.6 Å². The molecular weight excluding hydrogens is 194 g/mol. The first-order valence-corrected chi connectivity index (χ1v) is 5.77. The zero-order valence-corrected chi connectivity index (χ0v) is 9.47. The van der Waals surface area contributed by atoms with Gasteiger partial charge in [-0.1, -0.05) is 0 Å². The van der Waals surface area contributed by atoms with Crippen molar-refractivity contribution in [2.24, 2.45) is 0 Å². The van der Waals surface area contributed by atoms with Crippen LogP contribution in [0.15, 0.2) is 0 Å². The molecule has 0 aliphatic heterocycles. The van der Waals surface area contributed by atoms with Gasteiger partial charge in [-0.15, -0.1) is 0 Å². The molecule has 0 unspecified atom stereocenters. The van der Waals surface area contributed by atoms with Crippen molar-refractivity contribution in [3.63, 3.8) is 0 Å². The highest BCUT2D eigenvalue weighted by atomic mass is 32.2. The van der Waals surface area contributed by atoms with Crippen LogP contribution in [0.3, 0.4) is 0 Å². The molecule has 0 aliphatic rings. The van der Waals surface area contributed by atoms with E-state index in [0.717, 1.165) is 17.6 Å². The zero-order valence-electron chi connectivity index (χ0n) is 8.65. The Bertz CT molecular complexity index is 203. The molecule has 0 aromatic rings. The first-order valence-electron chi connectivity index (χ1n) is 3.96. The van der Waals surface area contributed by atoms with Gasteiger partial charge in [0.05, 0.1) is 37.4 Å². The van der Waals surface area contributed by atoms with Crippen molar-refractivity contribution in [1.82, 2.24) is 0 Å². The lowest BCUT2D eigenvalue weighted by molar-refractivity contribution is -0.888. The first-order chi connectivity index (χ1) is 5.62. The average Bonchev–Trinajstić information content (AvgIpc) is 1.84. The number of aliphatic hydroxyl groups excluding tert-OH is 1. The Balaban J connectivity index is 0. The Kier molecular flexibility index (Phi) is 7.43. The Hall–Kier alpha value is -0.170. The number of quaternary nitrogens is 1. The SMILES string of the molecule is CC[N+](C)(C)CCO.CS(=O)(=O)[O-]. The predicted octanol–water partition coefficient (Wildman–Crippen LogP) is -0.764. The number of hydrogen-bond donors (Lipinski definition) is 1. The Morgan fingerprint density at radius 1 is 1.38 bits per heavy atom. The summed E-state index contributed by atoms with van der Waals surface area (Å²) < 4.78 is 28.1. The Morgan fingerprint density at radius 2 is 1.69 bits per heavy atom. The van der Waals surface area contributed by atoms with Crippen LogP contribution in [0.5, 0.6) is 0 Å². The molecular formula is C7H19NO4S. The van der Waals surface area contributed by atoms with E-state index in [1.165, 1.54) is 0 Å². The monoisotopic (exact) mass is 213 g/mol. The summed E-state index contributed by atoms with van der Waals surface area (Å²) in [6.07, 6.45) is 0.604. The van der Waals surface area contributed by atoms with Crippen LogP contribution >= 0.6 is 0 Å². The van der Waals surface area contributed by atoms with Crippen molar-refractivity contribution in [3.8, 4) is 0 Å². The lowest BCUT2D eigenvalue weighted by atomic mass is 10.5. The fourth-order valence-corrected chi connectivity index (χ4v) is 0.429. The normalized spacial score (nSPS) is 11.8. The smallest absolute Gasteiger partial charge is 0.102 e. The van der Waals surface area contributed by atoms with Gasteiger partial charge in [0, 0.05) is 6.26 Å². The number of rotatable bonds is 3. The average molecular weight is 213 g/mol. The minimum atomic E-state index is -3.92.